The zero-order valence-electron chi connectivity index (χ0n) is 29.6. The molecule has 1 saturated heterocycles. The van der Waals surface area contributed by atoms with Crippen LogP contribution < -0.4 is 10.6 Å². The molecule has 4 aromatic rings. The Balaban J connectivity index is 0.000000212. The summed E-state index contributed by atoms with van der Waals surface area (Å²) in [5, 5.41) is 16.3. The maximum atomic E-state index is 12.9. The number of rotatable bonds is 6. The van der Waals surface area contributed by atoms with Crippen LogP contribution >= 0.6 is 11.8 Å². The first kappa shape index (κ1) is 38.2. The number of carbonyl (C=O) groups excluding carboxylic acids is 3. The Morgan fingerprint density at radius 1 is 0.962 bits per heavy atom. The van der Waals surface area contributed by atoms with E-state index in [1.807, 2.05) is 0 Å². The number of cyclic esters (lactones) is 1. The van der Waals surface area contributed by atoms with Crippen molar-refractivity contribution in [2.45, 2.75) is 76.5 Å². The first-order valence-electron chi connectivity index (χ1n) is 16.5. The molecule has 0 aliphatic carbocycles. The zero-order valence-corrected chi connectivity index (χ0v) is 30.4. The molecule has 0 spiro atoms. The fourth-order valence-electron chi connectivity index (χ4n) is 5.66. The van der Waals surface area contributed by atoms with E-state index in [4.69, 9.17) is 9.47 Å². The highest BCUT2D eigenvalue weighted by atomic mass is 32.2. The predicted molar refractivity (Wildman–Crippen MR) is 193 cm³/mol. The molecule has 1 amide bonds. The number of carbonyl (C=O) groups is 3. The molecule has 13 heteroatoms. The number of amides is 1. The Morgan fingerprint density at radius 3 is 2.25 bits per heavy atom. The molecule has 9 nitrogen and oxygen atoms in total. The van der Waals surface area contributed by atoms with Crippen LogP contribution in [0.1, 0.15) is 96.4 Å². The van der Waals surface area contributed by atoms with Gasteiger partial charge in [0.15, 0.2) is 0 Å². The number of nitrogens with one attached hydrogen (secondary N) is 2. The van der Waals surface area contributed by atoms with Crippen molar-refractivity contribution in [2.24, 2.45) is 0 Å². The van der Waals surface area contributed by atoms with Crippen molar-refractivity contribution in [3.05, 3.63) is 118 Å². The maximum Gasteiger partial charge on any atom is 0.416 e. The quantitative estimate of drug-likeness (QED) is 0.167. The van der Waals surface area contributed by atoms with Crippen LogP contribution in [0.2, 0.25) is 0 Å². The van der Waals surface area contributed by atoms with Crippen LogP contribution in [-0.4, -0.2) is 39.1 Å². The van der Waals surface area contributed by atoms with Crippen LogP contribution in [0.25, 0.3) is 0 Å². The number of aromatic nitrogens is 1. The van der Waals surface area contributed by atoms with E-state index in [1.54, 1.807) is 36.0 Å². The molecule has 2 aliphatic heterocycles. The van der Waals surface area contributed by atoms with Crippen molar-refractivity contribution in [3.63, 3.8) is 0 Å². The molecule has 6 rings (SSSR count). The van der Waals surface area contributed by atoms with E-state index in [-0.39, 0.29) is 39.1 Å². The highest BCUT2D eigenvalue weighted by molar-refractivity contribution is 8.01. The number of halogens is 3. The van der Waals surface area contributed by atoms with E-state index in [2.05, 4.69) is 69.3 Å². The van der Waals surface area contributed by atoms with Gasteiger partial charge < -0.3 is 25.2 Å². The molecule has 1 aromatic heterocycles. The standard InChI is InChI=1S/C21H13F3N2O4.C18H27NO2S/c22-21(23,24)12-5-3-6-13(11-12)26-17-16(9-4-10-25-17)19(28)30-20-15-8-2-1-7-14(15)18(27)29-20;1-17(2,3)12-7-11(9-14-16(21)19-10-22-14)8-13(15(12)20)18(4,5)6/h1-11,20H,(H,25,26);7-8,14,20H,9-10H2,1-6H3,(H,19,21). The lowest BCUT2D eigenvalue weighted by molar-refractivity contribution is -0.137. The number of hydrogen-bond acceptors (Lipinski definition) is 9. The fourth-order valence-corrected chi connectivity index (χ4v) is 6.64. The number of nitrogens with zero attached hydrogens (tertiary/aromatic N) is 1. The Morgan fingerprint density at radius 2 is 1.63 bits per heavy atom. The van der Waals surface area contributed by atoms with Crippen LogP contribution in [-0.2, 0) is 37.7 Å². The molecule has 0 saturated carbocycles. The number of aromatic hydroxyl groups is 1. The smallest absolute Gasteiger partial charge is 0.416 e. The molecule has 3 heterocycles. The summed E-state index contributed by atoms with van der Waals surface area (Å²) in [6.07, 6.45) is -3.65. The van der Waals surface area contributed by atoms with Gasteiger partial charge in [-0.15, -0.1) is 11.8 Å². The van der Waals surface area contributed by atoms with E-state index in [0.29, 0.717) is 29.2 Å². The fraction of sp³-hybridized carbons (Fsp3) is 0.333. The van der Waals surface area contributed by atoms with Crippen LogP contribution in [0, 0.1) is 0 Å². The largest absolute Gasteiger partial charge is 0.507 e. The molecule has 0 bridgehead atoms. The molecule has 2 atom stereocenters. The van der Waals surface area contributed by atoms with Gasteiger partial charge >= 0.3 is 18.1 Å². The van der Waals surface area contributed by atoms with E-state index in [9.17, 15) is 32.7 Å². The summed E-state index contributed by atoms with van der Waals surface area (Å²) in [7, 11) is 0. The lowest BCUT2D eigenvalue weighted by atomic mass is 9.78. The molecule has 3 aromatic carbocycles. The average Bonchev–Trinajstić information content (AvgIpc) is 3.62. The van der Waals surface area contributed by atoms with Gasteiger partial charge in [0.1, 0.15) is 17.1 Å². The minimum absolute atomic E-state index is 0.000525. The Kier molecular flexibility index (Phi) is 10.9. The van der Waals surface area contributed by atoms with Crippen molar-refractivity contribution in [2.75, 3.05) is 11.2 Å². The molecule has 1 fully saturated rings. The third-order valence-corrected chi connectivity index (χ3v) is 9.47. The van der Waals surface area contributed by atoms with Crippen molar-refractivity contribution in [3.8, 4) is 5.75 Å². The number of thioether (sulfide) groups is 1. The number of ether oxygens (including phenoxy) is 2. The maximum absolute atomic E-state index is 12.9. The highest BCUT2D eigenvalue weighted by Gasteiger charge is 2.35. The van der Waals surface area contributed by atoms with Gasteiger partial charge in [-0.25, -0.2) is 14.6 Å². The highest BCUT2D eigenvalue weighted by Crippen LogP contribution is 2.41. The second-order valence-electron chi connectivity index (χ2n) is 14.4. The second-order valence-corrected chi connectivity index (χ2v) is 15.6. The Labute approximate surface area is 304 Å². The van der Waals surface area contributed by atoms with E-state index < -0.39 is 30.0 Å². The molecule has 52 heavy (non-hydrogen) atoms. The van der Waals surface area contributed by atoms with Crippen molar-refractivity contribution < 1.29 is 42.1 Å². The number of phenols is 1. The van der Waals surface area contributed by atoms with E-state index in [1.165, 1.54) is 30.5 Å². The van der Waals surface area contributed by atoms with Gasteiger partial charge in [-0.1, -0.05) is 77.9 Å². The Hall–Kier alpha value is -5.04. The summed E-state index contributed by atoms with van der Waals surface area (Å²) >= 11 is 1.65. The first-order chi connectivity index (χ1) is 24.3. The van der Waals surface area contributed by atoms with Gasteiger partial charge in [-0.3, -0.25) is 4.79 Å². The van der Waals surface area contributed by atoms with E-state index >= 15 is 0 Å². The van der Waals surface area contributed by atoms with Gasteiger partial charge in [0, 0.05) is 17.4 Å². The summed E-state index contributed by atoms with van der Waals surface area (Å²) in [5.41, 5.74) is 2.69. The van der Waals surface area contributed by atoms with Gasteiger partial charge in [0.05, 0.1) is 22.3 Å². The summed E-state index contributed by atoms with van der Waals surface area (Å²) in [6, 6.07) is 18.0. The number of esters is 2. The minimum atomic E-state index is -4.51. The van der Waals surface area contributed by atoms with Crippen LogP contribution in [0.15, 0.2) is 79.0 Å². The molecule has 3 N–H and O–H groups in total. The van der Waals surface area contributed by atoms with Gasteiger partial charge in [0.25, 0.3) is 6.29 Å². The molecular formula is C39H40F3N3O6S. The number of hydrogen-bond donors (Lipinski definition) is 3. The molecular weight excluding hydrogens is 696 g/mol. The number of pyridine rings is 1. The average molecular weight is 736 g/mol. The normalized spacial score (nSPS) is 17.0. The molecule has 274 valence electrons. The summed E-state index contributed by atoms with van der Waals surface area (Å²) in [6.45, 7) is 12.6. The third-order valence-electron chi connectivity index (χ3n) is 8.37. The third kappa shape index (κ3) is 8.87. The Bertz CT molecular complexity index is 1950. The van der Waals surface area contributed by atoms with Crippen molar-refractivity contribution >= 4 is 41.1 Å². The van der Waals surface area contributed by atoms with E-state index in [0.717, 1.165) is 28.8 Å². The molecule has 0 radical (unpaired) electrons. The summed E-state index contributed by atoms with van der Waals surface area (Å²) in [5.74, 6) is -0.261. The summed E-state index contributed by atoms with van der Waals surface area (Å²) < 4.78 is 49.2. The monoisotopic (exact) mass is 735 g/mol. The number of phenolic OH excluding ortho intramolecular Hbond substituents is 1. The van der Waals surface area contributed by atoms with Crippen molar-refractivity contribution in [1.29, 1.82) is 0 Å². The van der Waals surface area contributed by atoms with Crippen LogP contribution in [0.5, 0.6) is 5.75 Å². The first-order valence-corrected chi connectivity index (χ1v) is 17.5. The lowest BCUT2D eigenvalue weighted by Gasteiger charge is -2.28. The number of alkyl halides is 3. The number of anilines is 2. The SMILES string of the molecule is CC(C)(C)c1cc(CC2SCNC2=O)cc(C(C)(C)C)c1O.O=C1OC(OC(=O)c2cccnc2Nc2cccc(C(F)(F)F)c2)c2ccccc21. The van der Waals surface area contributed by atoms with Gasteiger partial charge in [0.2, 0.25) is 5.91 Å². The van der Waals surface area contributed by atoms with Gasteiger partial charge in [-0.2, -0.15) is 13.2 Å². The molecule has 2 unspecified atom stereocenters. The second kappa shape index (κ2) is 14.9. The predicted octanol–water partition coefficient (Wildman–Crippen LogP) is 8.59. The van der Waals surface area contributed by atoms with Crippen molar-refractivity contribution in [1.82, 2.24) is 10.3 Å². The minimum Gasteiger partial charge on any atom is -0.507 e. The molecule has 2 aliphatic rings. The van der Waals surface area contributed by atoms with Crippen LogP contribution in [0.3, 0.4) is 0 Å². The number of fused-ring (bicyclic) bond motifs is 1. The zero-order chi connectivity index (χ0) is 38.0. The lowest BCUT2D eigenvalue weighted by Crippen LogP contribution is -2.24. The number of benzene rings is 3. The summed E-state index contributed by atoms with van der Waals surface area (Å²) in [4.78, 5) is 40.4. The van der Waals surface area contributed by atoms with Gasteiger partial charge in [-0.05, 0) is 70.3 Å². The topological polar surface area (TPSA) is 127 Å². The van der Waals surface area contributed by atoms with Crippen LogP contribution in [0.4, 0.5) is 24.7 Å².